The number of nitrogens with zero attached hydrogens (tertiary/aromatic N) is 2. The normalized spacial score (nSPS) is 12.8. The molecule has 0 aliphatic carbocycles. The molecule has 0 fully saturated rings. The molecule has 118 valence electrons. The molecule has 0 unspecified atom stereocenters. The quantitative estimate of drug-likeness (QED) is 0.548. The van der Waals surface area contributed by atoms with Gasteiger partial charge >= 0.3 is 6.18 Å². The summed E-state index contributed by atoms with van der Waals surface area (Å²) in [7, 11) is 0. The van der Waals surface area contributed by atoms with Crippen molar-refractivity contribution in [3.63, 3.8) is 0 Å². The molecule has 0 aliphatic heterocycles. The molecule has 2 aromatic carbocycles. The van der Waals surface area contributed by atoms with E-state index in [0.717, 1.165) is 17.6 Å². The van der Waals surface area contributed by atoms with E-state index in [0.29, 0.717) is 28.4 Å². The number of H-pyrrole nitrogens is 1. The number of imidazole rings is 1. The van der Waals surface area contributed by atoms with Gasteiger partial charge in [0.2, 0.25) is 0 Å². The monoisotopic (exact) mass is 318 g/mol. The summed E-state index contributed by atoms with van der Waals surface area (Å²) < 4.78 is 37.8. The third-order valence-electron chi connectivity index (χ3n) is 3.26. The van der Waals surface area contributed by atoms with Gasteiger partial charge in [-0.25, -0.2) is 9.98 Å². The molecule has 0 aliphatic rings. The summed E-state index contributed by atoms with van der Waals surface area (Å²) in [5.74, 6) is 0.936. The Balaban J connectivity index is 1.98. The molecule has 1 heterocycles. The Morgan fingerprint density at radius 1 is 1.13 bits per heavy atom. The van der Waals surface area contributed by atoms with E-state index in [4.69, 9.17) is 5.73 Å². The van der Waals surface area contributed by atoms with Crippen molar-refractivity contribution >= 4 is 22.6 Å². The average Bonchev–Trinajstić information content (AvgIpc) is 2.89. The van der Waals surface area contributed by atoms with Crippen molar-refractivity contribution in [2.75, 3.05) is 0 Å². The predicted molar refractivity (Wildman–Crippen MR) is 83.5 cm³/mol. The van der Waals surface area contributed by atoms with Gasteiger partial charge in [0.1, 0.15) is 5.82 Å². The average molecular weight is 318 g/mol. The molecule has 0 atom stereocenters. The lowest BCUT2D eigenvalue weighted by molar-refractivity contribution is -0.137. The minimum atomic E-state index is -4.35. The van der Waals surface area contributed by atoms with Crippen molar-refractivity contribution < 1.29 is 13.2 Å². The number of hydrogen-bond acceptors (Lipinski definition) is 2. The summed E-state index contributed by atoms with van der Waals surface area (Å²) in [5, 5.41) is 0. The zero-order chi connectivity index (χ0) is 16.6. The lowest BCUT2D eigenvalue weighted by Crippen LogP contribution is -2.04. The number of alkyl halides is 3. The van der Waals surface area contributed by atoms with E-state index in [9.17, 15) is 13.2 Å². The van der Waals surface area contributed by atoms with Gasteiger partial charge < -0.3 is 10.7 Å². The smallest absolute Gasteiger partial charge is 0.387 e. The highest BCUT2D eigenvalue weighted by atomic mass is 19.4. The molecule has 7 heteroatoms. The summed E-state index contributed by atoms with van der Waals surface area (Å²) in [6.07, 6.45) is -4.35. The van der Waals surface area contributed by atoms with Crippen LogP contribution in [0.15, 0.2) is 47.5 Å². The largest absolute Gasteiger partial charge is 0.416 e. The number of nitrogens with two attached hydrogens (primary N) is 1. The molecule has 0 bridgehead atoms. The summed E-state index contributed by atoms with van der Waals surface area (Å²) in [5.41, 5.74) is 7.56. The first-order chi connectivity index (χ1) is 10.8. The van der Waals surface area contributed by atoms with Crippen LogP contribution in [0.25, 0.3) is 22.4 Å². The van der Waals surface area contributed by atoms with E-state index in [1.807, 2.05) is 0 Å². The molecular formula is C16H13F3N4. The van der Waals surface area contributed by atoms with Gasteiger partial charge in [-0.15, -0.1) is 0 Å². The van der Waals surface area contributed by atoms with E-state index < -0.39 is 11.7 Å². The van der Waals surface area contributed by atoms with Crippen LogP contribution < -0.4 is 5.73 Å². The van der Waals surface area contributed by atoms with Crippen LogP contribution in [-0.4, -0.2) is 15.8 Å². The summed E-state index contributed by atoms with van der Waals surface area (Å²) in [6.45, 7) is 1.69. The van der Waals surface area contributed by atoms with Crippen LogP contribution in [0.4, 0.5) is 18.9 Å². The van der Waals surface area contributed by atoms with Crippen LogP contribution >= 0.6 is 0 Å². The fourth-order valence-electron chi connectivity index (χ4n) is 2.22. The van der Waals surface area contributed by atoms with Gasteiger partial charge in [-0.2, -0.15) is 13.2 Å². The lowest BCUT2D eigenvalue weighted by Gasteiger charge is -2.06. The van der Waals surface area contributed by atoms with Crippen molar-refractivity contribution in [3.8, 4) is 11.4 Å². The number of aromatic amines is 1. The molecular weight excluding hydrogens is 305 g/mol. The first-order valence-electron chi connectivity index (χ1n) is 6.81. The van der Waals surface area contributed by atoms with E-state index in [-0.39, 0.29) is 0 Å². The van der Waals surface area contributed by atoms with E-state index >= 15 is 0 Å². The number of fused-ring (bicyclic) bond motifs is 1. The Labute approximate surface area is 129 Å². The van der Waals surface area contributed by atoms with E-state index in [1.165, 1.54) is 12.1 Å². The zero-order valence-electron chi connectivity index (χ0n) is 12.1. The van der Waals surface area contributed by atoms with Gasteiger partial charge in [0.05, 0.1) is 28.1 Å². The molecule has 1 aromatic heterocycles. The van der Waals surface area contributed by atoms with Gasteiger partial charge in [0.15, 0.2) is 0 Å². The van der Waals surface area contributed by atoms with Gasteiger partial charge in [0.25, 0.3) is 0 Å². The minimum Gasteiger partial charge on any atom is -0.387 e. The highest BCUT2D eigenvalue weighted by Gasteiger charge is 2.30. The number of aliphatic imine (C=N–C) groups is 1. The number of nitrogens with one attached hydrogen (secondary N) is 1. The molecule has 3 rings (SSSR count). The first kappa shape index (κ1) is 15.1. The molecule has 0 saturated carbocycles. The van der Waals surface area contributed by atoms with Crippen LogP contribution in [0.1, 0.15) is 12.5 Å². The Morgan fingerprint density at radius 3 is 2.43 bits per heavy atom. The Kier molecular flexibility index (Phi) is 3.55. The molecule has 3 aromatic rings. The van der Waals surface area contributed by atoms with Crippen molar-refractivity contribution in [3.05, 3.63) is 48.0 Å². The third kappa shape index (κ3) is 3.18. The minimum absolute atomic E-state index is 0.437. The van der Waals surface area contributed by atoms with Gasteiger partial charge in [-0.05, 0) is 37.3 Å². The van der Waals surface area contributed by atoms with Crippen LogP contribution in [0.2, 0.25) is 0 Å². The standard InChI is InChI=1S/C16H13F3N4/c1-9(20)21-12-6-7-13-14(8-12)23-15(22-13)10-2-4-11(5-3-10)16(17,18)19/h2-8H,1H3,(H2,20,21)(H,22,23). The molecule has 0 saturated heterocycles. The molecule has 4 nitrogen and oxygen atoms in total. The van der Waals surface area contributed by atoms with Gasteiger partial charge in [0, 0.05) is 5.56 Å². The number of halogens is 3. The maximum absolute atomic E-state index is 12.6. The van der Waals surface area contributed by atoms with Crippen LogP contribution in [0.5, 0.6) is 0 Å². The summed E-state index contributed by atoms with van der Waals surface area (Å²) >= 11 is 0. The van der Waals surface area contributed by atoms with Crippen molar-refractivity contribution in [1.82, 2.24) is 9.97 Å². The molecule has 0 radical (unpaired) electrons. The number of hydrogen-bond donors (Lipinski definition) is 2. The lowest BCUT2D eigenvalue weighted by atomic mass is 10.1. The summed E-state index contributed by atoms with van der Waals surface area (Å²) in [4.78, 5) is 11.6. The maximum atomic E-state index is 12.6. The number of amidine groups is 1. The molecule has 0 amide bonds. The highest BCUT2D eigenvalue weighted by Crippen LogP contribution is 2.31. The SMILES string of the molecule is CC(N)=Nc1ccc2nc(-c3ccc(C(F)(F)F)cc3)[nH]c2c1. The summed E-state index contributed by atoms with van der Waals surface area (Å²) in [6, 6.07) is 10.2. The van der Waals surface area contributed by atoms with Gasteiger partial charge in [-0.3, -0.25) is 0 Å². The third-order valence-corrected chi connectivity index (χ3v) is 3.26. The first-order valence-corrected chi connectivity index (χ1v) is 6.81. The number of aromatic nitrogens is 2. The van der Waals surface area contributed by atoms with Crippen molar-refractivity contribution in [2.24, 2.45) is 10.7 Å². The molecule has 23 heavy (non-hydrogen) atoms. The second-order valence-electron chi connectivity index (χ2n) is 5.12. The van der Waals surface area contributed by atoms with Crippen molar-refractivity contribution in [2.45, 2.75) is 13.1 Å². The van der Waals surface area contributed by atoms with Crippen LogP contribution in [0, 0.1) is 0 Å². The van der Waals surface area contributed by atoms with Crippen molar-refractivity contribution in [1.29, 1.82) is 0 Å². The second-order valence-corrected chi connectivity index (χ2v) is 5.12. The number of rotatable bonds is 2. The second kappa shape index (κ2) is 5.42. The fourth-order valence-corrected chi connectivity index (χ4v) is 2.22. The predicted octanol–water partition coefficient (Wildman–Crippen LogP) is 4.26. The Hall–Kier alpha value is -2.83. The van der Waals surface area contributed by atoms with Crippen LogP contribution in [-0.2, 0) is 6.18 Å². The number of benzene rings is 2. The maximum Gasteiger partial charge on any atom is 0.416 e. The van der Waals surface area contributed by atoms with E-state index in [1.54, 1.807) is 25.1 Å². The Bertz CT molecular complexity index is 872. The highest BCUT2D eigenvalue weighted by molar-refractivity contribution is 5.85. The molecule has 0 spiro atoms. The fraction of sp³-hybridized carbons (Fsp3) is 0.125. The van der Waals surface area contributed by atoms with Gasteiger partial charge in [-0.1, -0.05) is 12.1 Å². The van der Waals surface area contributed by atoms with Crippen LogP contribution in [0.3, 0.4) is 0 Å². The van der Waals surface area contributed by atoms with E-state index in [2.05, 4.69) is 15.0 Å². The topological polar surface area (TPSA) is 67.1 Å². The Morgan fingerprint density at radius 2 is 1.83 bits per heavy atom. The molecule has 3 N–H and O–H groups in total. The zero-order valence-corrected chi connectivity index (χ0v) is 12.1.